The van der Waals surface area contributed by atoms with E-state index in [9.17, 15) is 9.18 Å². The number of rotatable bonds is 3. The maximum absolute atomic E-state index is 12.8. The van der Waals surface area contributed by atoms with Gasteiger partial charge in [0.2, 0.25) is 0 Å². The zero-order valence-electron chi connectivity index (χ0n) is 8.68. The fourth-order valence-electron chi connectivity index (χ4n) is 1.21. The first kappa shape index (κ1) is 12.0. The fourth-order valence-corrected chi connectivity index (χ4v) is 1.29. The zero-order chi connectivity index (χ0) is 11.4. The molecule has 0 bridgehead atoms. The van der Waals surface area contributed by atoms with Crippen LogP contribution in [0.1, 0.15) is 22.8 Å². The SMILES string of the molecule is Cc1cc(F)ccc1C(=O)NCC(C)Cl. The summed E-state index contributed by atoms with van der Waals surface area (Å²) >= 11 is 5.70. The Morgan fingerprint density at radius 2 is 2.27 bits per heavy atom. The van der Waals surface area contributed by atoms with Crippen molar-refractivity contribution < 1.29 is 9.18 Å². The summed E-state index contributed by atoms with van der Waals surface area (Å²) in [7, 11) is 0. The molecule has 2 nitrogen and oxygen atoms in total. The third-order valence-corrected chi connectivity index (χ3v) is 2.13. The van der Waals surface area contributed by atoms with Gasteiger partial charge in [-0.3, -0.25) is 4.79 Å². The standard InChI is InChI=1S/C11H13ClFNO/c1-7-5-9(13)3-4-10(7)11(15)14-6-8(2)12/h3-5,8H,6H2,1-2H3,(H,14,15). The highest BCUT2D eigenvalue weighted by atomic mass is 35.5. The summed E-state index contributed by atoms with van der Waals surface area (Å²) in [5.41, 5.74) is 1.10. The lowest BCUT2D eigenvalue weighted by Crippen LogP contribution is -2.29. The van der Waals surface area contributed by atoms with Crippen LogP contribution in [-0.2, 0) is 0 Å². The van der Waals surface area contributed by atoms with Gasteiger partial charge < -0.3 is 5.32 Å². The Morgan fingerprint density at radius 1 is 1.60 bits per heavy atom. The Labute approximate surface area is 93.4 Å². The van der Waals surface area contributed by atoms with Crippen LogP contribution in [-0.4, -0.2) is 17.8 Å². The normalized spacial score (nSPS) is 12.3. The quantitative estimate of drug-likeness (QED) is 0.793. The Balaban J connectivity index is 2.74. The van der Waals surface area contributed by atoms with E-state index in [0.717, 1.165) is 0 Å². The van der Waals surface area contributed by atoms with E-state index in [2.05, 4.69) is 5.32 Å². The molecule has 0 aliphatic heterocycles. The van der Waals surface area contributed by atoms with Gasteiger partial charge in [0, 0.05) is 17.5 Å². The first-order valence-electron chi connectivity index (χ1n) is 4.69. The van der Waals surface area contributed by atoms with Crippen molar-refractivity contribution in [3.05, 3.63) is 35.1 Å². The lowest BCUT2D eigenvalue weighted by molar-refractivity contribution is 0.0953. The molecule has 1 aromatic rings. The van der Waals surface area contributed by atoms with Crippen molar-refractivity contribution in [1.29, 1.82) is 0 Å². The van der Waals surface area contributed by atoms with E-state index in [1.54, 1.807) is 13.8 Å². The van der Waals surface area contributed by atoms with Gasteiger partial charge in [-0.1, -0.05) is 0 Å². The van der Waals surface area contributed by atoms with E-state index in [4.69, 9.17) is 11.6 Å². The first-order chi connectivity index (χ1) is 7.00. The molecule has 0 aliphatic carbocycles. The van der Waals surface area contributed by atoms with Crippen molar-refractivity contribution in [1.82, 2.24) is 5.32 Å². The molecule has 1 atom stereocenters. The van der Waals surface area contributed by atoms with Crippen LogP contribution in [0.5, 0.6) is 0 Å². The van der Waals surface area contributed by atoms with E-state index in [1.165, 1.54) is 18.2 Å². The van der Waals surface area contributed by atoms with E-state index in [1.807, 2.05) is 0 Å². The van der Waals surface area contributed by atoms with Crippen LogP contribution in [0.4, 0.5) is 4.39 Å². The van der Waals surface area contributed by atoms with Gasteiger partial charge in [-0.2, -0.15) is 0 Å². The van der Waals surface area contributed by atoms with Crippen LogP contribution in [0.15, 0.2) is 18.2 Å². The second kappa shape index (κ2) is 5.12. The number of carbonyl (C=O) groups excluding carboxylic acids is 1. The minimum Gasteiger partial charge on any atom is -0.351 e. The molecule has 0 fully saturated rings. The van der Waals surface area contributed by atoms with Gasteiger partial charge in [0.1, 0.15) is 5.82 Å². The van der Waals surface area contributed by atoms with Crippen LogP contribution in [0.2, 0.25) is 0 Å². The number of halogens is 2. The Hall–Kier alpha value is -1.09. The molecular formula is C11H13ClFNO. The summed E-state index contributed by atoms with van der Waals surface area (Å²) in [5, 5.41) is 2.55. The number of nitrogens with one attached hydrogen (secondary N) is 1. The van der Waals surface area contributed by atoms with E-state index < -0.39 is 0 Å². The van der Waals surface area contributed by atoms with Crippen molar-refractivity contribution >= 4 is 17.5 Å². The molecule has 1 aromatic carbocycles. The second-order valence-corrected chi connectivity index (χ2v) is 4.20. The Kier molecular flexibility index (Phi) is 4.09. The molecule has 0 heterocycles. The molecule has 4 heteroatoms. The molecule has 0 saturated carbocycles. The lowest BCUT2D eigenvalue weighted by atomic mass is 10.1. The van der Waals surface area contributed by atoms with Gasteiger partial charge >= 0.3 is 0 Å². The predicted molar refractivity (Wildman–Crippen MR) is 58.8 cm³/mol. The van der Waals surface area contributed by atoms with Gasteiger partial charge in [-0.25, -0.2) is 4.39 Å². The highest BCUT2D eigenvalue weighted by molar-refractivity contribution is 6.20. The summed E-state index contributed by atoms with van der Waals surface area (Å²) in [5.74, 6) is -0.560. The van der Waals surface area contributed by atoms with Gasteiger partial charge in [0.25, 0.3) is 5.91 Å². The van der Waals surface area contributed by atoms with Crippen molar-refractivity contribution in [2.75, 3.05) is 6.54 Å². The minimum atomic E-state index is -0.338. The summed E-state index contributed by atoms with van der Waals surface area (Å²) in [6.07, 6.45) is 0. The number of hydrogen-bond acceptors (Lipinski definition) is 1. The summed E-state index contributed by atoms with van der Waals surface area (Å²) in [4.78, 5) is 11.6. The average Bonchev–Trinajstić information content (AvgIpc) is 2.14. The van der Waals surface area contributed by atoms with Crippen molar-refractivity contribution in [2.24, 2.45) is 0 Å². The highest BCUT2D eigenvalue weighted by Gasteiger charge is 2.09. The fraction of sp³-hybridized carbons (Fsp3) is 0.364. The molecule has 0 saturated heterocycles. The monoisotopic (exact) mass is 229 g/mol. The van der Waals surface area contributed by atoms with Crippen molar-refractivity contribution in [3.8, 4) is 0 Å². The molecule has 82 valence electrons. The zero-order valence-corrected chi connectivity index (χ0v) is 9.44. The number of carbonyl (C=O) groups is 1. The number of aryl methyl sites for hydroxylation is 1. The Bertz CT molecular complexity index is 366. The molecule has 0 radical (unpaired) electrons. The minimum absolute atomic E-state index is 0.116. The average molecular weight is 230 g/mol. The summed E-state index contributed by atoms with van der Waals surface area (Å²) in [6.45, 7) is 3.89. The predicted octanol–water partition coefficient (Wildman–Crippen LogP) is 2.49. The molecular weight excluding hydrogens is 217 g/mol. The van der Waals surface area contributed by atoms with Crippen LogP contribution >= 0.6 is 11.6 Å². The van der Waals surface area contributed by atoms with Crippen LogP contribution in [0.25, 0.3) is 0 Å². The van der Waals surface area contributed by atoms with E-state index >= 15 is 0 Å². The maximum atomic E-state index is 12.8. The first-order valence-corrected chi connectivity index (χ1v) is 5.12. The van der Waals surface area contributed by atoms with Crippen LogP contribution in [0, 0.1) is 12.7 Å². The van der Waals surface area contributed by atoms with Gasteiger partial charge in [0.05, 0.1) is 0 Å². The summed E-state index contributed by atoms with van der Waals surface area (Å²) < 4.78 is 12.8. The molecule has 0 aromatic heterocycles. The molecule has 15 heavy (non-hydrogen) atoms. The van der Waals surface area contributed by atoms with Gasteiger partial charge in [0.15, 0.2) is 0 Å². The topological polar surface area (TPSA) is 29.1 Å². The number of hydrogen-bond donors (Lipinski definition) is 1. The third kappa shape index (κ3) is 3.51. The molecule has 1 amide bonds. The molecule has 1 rings (SSSR count). The van der Waals surface area contributed by atoms with Gasteiger partial charge in [-0.05, 0) is 37.6 Å². The number of amides is 1. The lowest BCUT2D eigenvalue weighted by Gasteiger charge is -2.08. The van der Waals surface area contributed by atoms with Crippen LogP contribution < -0.4 is 5.32 Å². The maximum Gasteiger partial charge on any atom is 0.251 e. The molecule has 1 N–H and O–H groups in total. The molecule has 0 aliphatic rings. The van der Waals surface area contributed by atoms with E-state index in [-0.39, 0.29) is 17.1 Å². The van der Waals surface area contributed by atoms with Crippen molar-refractivity contribution in [2.45, 2.75) is 19.2 Å². The summed E-state index contributed by atoms with van der Waals surface area (Å²) in [6, 6.07) is 4.07. The largest absolute Gasteiger partial charge is 0.351 e. The third-order valence-electron chi connectivity index (χ3n) is 1.98. The Morgan fingerprint density at radius 3 is 2.80 bits per heavy atom. The number of alkyl halides is 1. The molecule has 0 spiro atoms. The number of benzene rings is 1. The molecule has 1 unspecified atom stereocenters. The van der Waals surface area contributed by atoms with Crippen molar-refractivity contribution in [3.63, 3.8) is 0 Å². The van der Waals surface area contributed by atoms with E-state index in [0.29, 0.717) is 17.7 Å². The second-order valence-electron chi connectivity index (χ2n) is 3.45. The van der Waals surface area contributed by atoms with Gasteiger partial charge in [-0.15, -0.1) is 11.6 Å². The van der Waals surface area contributed by atoms with Crippen LogP contribution in [0.3, 0.4) is 0 Å². The highest BCUT2D eigenvalue weighted by Crippen LogP contribution is 2.09. The smallest absolute Gasteiger partial charge is 0.251 e.